The topological polar surface area (TPSA) is 117 Å². The van der Waals surface area contributed by atoms with E-state index in [2.05, 4.69) is 15.3 Å². The lowest BCUT2D eigenvalue weighted by Crippen LogP contribution is -2.37. The molecule has 0 saturated heterocycles. The fourth-order valence-electron chi connectivity index (χ4n) is 3.84. The fourth-order valence-corrected chi connectivity index (χ4v) is 4.54. The van der Waals surface area contributed by atoms with Crippen molar-refractivity contribution < 1.29 is 22.3 Å². The van der Waals surface area contributed by atoms with Gasteiger partial charge >= 0.3 is 0 Å². The Balaban J connectivity index is 1.90. The quantitative estimate of drug-likeness (QED) is 0.308. The zero-order valence-electron chi connectivity index (χ0n) is 18.1. The second kappa shape index (κ2) is 9.99. The van der Waals surface area contributed by atoms with Crippen molar-refractivity contribution >= 4 is 34.7 Å². The molecule has 2 aliphatic rings. The number of rotatable bonds is 8. The number of benzene rings is 1. The van der Waals surface area contributed by atoms with Crippen molar-refractivity contribution in [3.8, 4) is 0 Å². The second-order valence-electron chi connectivity index (χ2n) is 8.52. The van der Waals surface area contributed by atoms with Crippen LogP contribution < -0.4 is 11.1 Å². The minimum atomic E-state index is -2.28. The molecule has 4 N–H and O–H groups in total. The molecular formula is C22H28F2N4O3S. The maximum atomic E-state index is 14.9. The molecule has 0 bridgehead atoms. The number of halogens is 2. The highest BCUT2D eigenvalue weighted by Crippen LogP contribution is 2.36. The molecular weight excluding hydrogens is 438 g/mol. The third-order valence-electron chi connectivity index (χ3n) is 6.05. The number of nitrogens with zero attached hydrogens (tertiary/aromatic N) is 2. The Labute approximate surface area is 188 Å². The van der Waals surface area contributed by atoms with Crippen molar-refractivity contribution in [1.29, 1.82) is 0 Å². The molecule has 1 aromatic rings. The van der Waals surface area contributed by atoms with Gasteiger partial charge < -0.3 is 15.6 Å². The minimum absolute atomic E-state index is 0.0309. The lowest BCUT2D eigenvalue weighted by atomic mass is 9.76. The number of carbonyl (C=O) groups is 1. The van der Waals surface area contributed by atoms with Gasteiger partial charge in [-0.3, -0.25) is 14.8 Å². The Morgan fingerprint density at radius 3 is 2.75 bits per heavy atom. The first-order chi connectivity index (χ1) is 15.1. The molecule has 3 unspecified atom stereocenters. The van der Waals surface area contributed by atoms with Crippen molar-refractivity contribution in [3.05, 3.63) is 41.4 Å². The summed E-state index contributed by atoms with van der Waals surface area (Å²) < 4.78 is 49.3. The molecule has 1 saturated carbocycles. The average Bonchev–Trinajstić information content (AvgIpc) is 2.67. The van der Waals surface area contributed by atoms with Crippen LogP contribution in [-0.2, 0) is 21.4 Å². The predicted molar refractivity (Wildman–Crippen MR) is 122 cm³/mol. The van der Waals surface area contributed by atoms with Gasteiger partial charge in [0.15, 0.2) is 11.1 Å². The van der Waals surface area contributed by atoms with E-state index < -0.39 is 34.5 Å². The van der Waals surface area contributed by atoms with Gasteiger partial charge in [0.2, 0.25) is 0 Å². The molecule has 0 spiro atoms. The standard InChI is InChI=1S/C22H28F2N4O3S/c1-13(14-4-3-5-14)20(25)28-22(2,12-32(30)31)17-10-16(7-8-18(17)24)27-21(29)19-9-6-15(23)11-26-19/h7-11,13-15H,3-6,12H2,1-2H3,(H2,25,28)(H,27,29)(H,30,31)/t13?,15?,22-/m0/s1. The van der Waals surface area contributed by atoms with E-state index in [4.69, 9.17) is 5.73 Å². The highest BCUT2D eigenvalue weighted by molar-refractivity contribution is 7.79. The van der Waals surface area contributed by atoms with Gasteiger partial charge in [0.1, 0.15) is 23.2 Å². The van der Waals surface area contributed by atoms with E-state index in [-0.39, 0.29) is 35.0 Å². The van der Waals surface area contributed by atoms with E-state index >= 15 is 0 Å². The SMILES string of the molecule is CC(C(N)=N[C@@](C)(CS(=O)O)c1cc(NC(=O)C2=CCC(F)C=N2)ccc1F)C1CCC1. The number of carbonyl (C=O) groups excluding carboxylic acids is 1. The van der Waals surface area contributed by atoms with Gasteiger partial charge in [0.25, 0.3) is 5.91 Å². The molecule has 1 aromatic carbocycles. The van der Waals surface area contributed by atoms with Crippen LogP contribution in [0.2, 0.25) is 0 Å². The Morgan fingerprint density at radius 2 is 2.19 bits per heavy atom. The first kappa shape index (κ1) is 24.2. The summed E-state index contributed by atoms with van der Waals surface area (Å²) >= 11 is -2.28. The molecule has 1 fully saturated rings. The maximum absolute atomic E-state index is 14.9. The van der Waals surface area contributed by atoms with E-state index in [0.29, 0.717) is 11.8 Å². The molecule has 0 radical (unpaired) electrons. The van der Waals surface area contributed by atoms with Crippen molar-refractivity contribution in [2.24, 2.45) is 27.6 Å². The van der Waals surface area contributed by atoms with Gasteiger partial charge in [-0.1, -0.05) is 13.3 Å². The molecule has 7 nitrogen and oxygen atoms in total. The summed E-state index contributed by atoms with van der Waals surface area (Å²) in [6.45, 7) is 3.49. The average molecular weight is 467 g/mol. The number of alkyl halides is 1. The van der Waals surface area contributed by atoms with E-state index in [1.54, 1.807) is 6.92 Å². The molecule has 4 atom stereocenters. The number of aliphatic imine (C=N–C) groups is 2. The summed E-state index contributed by atoms with van der Waals surface area (Å²) in [5.41, 5.74) is 5.15. The third kappa shape index (κ3) is 5.66. The molecule has 3 rings (SSSR count). The number of amides is 1. The number of hydrogen-bond donors (Lipinski definition) is 3. The first-order valence-corrected chi connectivity index (χ1v) is 11.8. The van der Waals surface area contributed by atoms with Crippen LogP contribution in [0.4, 0.5) is 14.5 Å². The lowest BCUT2D eigenvalue weighted by Gasteiger charge is -2.33. The number of hydrogen-bond acceptors (Lipinski definition) is 4. The first-order valence-electron chi connectivity index (χ1n) is 10.5. The summed E-state index contributed by atoms with van der Waals surface area (Å²) in [6.07, 6.45) is 4.47. The molecule has 1 amide bonds. The summed E-state index contributed by atoms with van der Waals surface area (Å²) in [7, 11) is 0. The minimum Gasteiger partial charge on any atom is -0.387 e. The molecule has 32 heavy (non-hydrogen) atoms. The summed E-state index contributed by atoms with van der Waals surface area (Å²) in [5.74, 6) is -0.909. The number of amidine groups is 1. The normalized spacial score (nSPS) is 23.0. The largest absolute Gasteiger partial charge is 0.387 e. The van der Waals surface area contributed by atoms with E-state index in [9.17, 15) is 22.3 Å². The van der Waals surface area contributed by atoms with Gasteiger partial charge in [-0.2, -0.15) is 0 Å². The smallest absolute Gasteiger partial charge is 0.273 e. The van der Waals surface area contributed by atoms with E-state index in [1.165, 1.54) is 18.2 Å². The van der Waals surface area contributed by atoms with Crippen molar-refractivity contribution in [2.75, 3.05) is 11.1 Å². The van der Waals surface area contributed by atoms with Gasteiger partial charge in [-0.15, -0.1) is 0 Å². The zero-order valence-corrected chi connectivity index (χ0v) is 18.9. The van der Waals surface area contributed by atoms with Crippen LogP contribution in [0, 0.1) is 17.7 Å². The van der Waals surface area contributed by atoms with Crippen LogP contribution in [0.25, 0.3) is 0 Å². The lowest BCUT2D eigenvalue weighted by molar-refractivity contribution is -0.112. The Hall–Kier alpha value is -2.46. The van der Waals surface area contributed by atoms with Gasteiger partial charge in [-0.05, 0) is 50.0 Å². The van der Waals surface area contributed by atoms with Crippen LogP contribution >= 0.6 is 0 Å². The Morgan fingerprint density at radius 1 is 1.47 bits per heavy atom. The fraction of sp³-hybridized carbons (Fsp3) is 0.500. The van der Waals surface area contributed by atoms with Crippen LogP contribution in [-0.4, -0.2) is 38.6 Å². The third-order valence-corrected chi connectivity index (χ3v) is 6.86. The zero-order chi connectivity index (χ0) is 23.5. The predicted octanol–water partition coefficient (Wildman–Crippen LogP) is 3.69. The molecule has 1 heterocycles. The highest BCUT2D eigenvalue weighted by atomic mass is 32.2. The molecule has 10 heteroatoms. The van der Waals surface area contributed by atoms with Crippen LogP contribution in [0.15, 0.2) is 40.0 Å². The molecule has 1 aliphatic heterocycles. The molecule has 174 valence electrons. The molecule has 0 aromatic heterocycles. The van der Waals surface area contributed by atoms with Gasteiger partial charge in [0, 0.05) is 29.8 Å². The highest BCUT2D eigenvalue weighted by Gasteiger charge is 2.34. The van der Waals surface area contributed by atoms with E-state index in [1.807, 2.05) is 6.92 Å². The van der Waals surface area contributed by atoms with Crippen molar-refractivity contribution in [3.63, 3.8) is 0 Å². The van der Waals surface area contributed by atoms with Crippen molar-refractivity contribution in [2.45, 2.75) is 51.2 Å². The monoisotopic (exact) mass is 466 g/mol. The van der Waals surface area contributed by atoms with Crippen LogP contribution in [0.3, 0.4) is 0 Å². The maximum Gasteiger partial charge on any atom is 0.273 e. The number of allylic oxidation sites excluding steroid dienone is 1. The number of anilines is 1. The Bertz CT molecular complexity index is 993. The van der Waals surface area contributed by atoms with Crippen LogP contribution in [0.5, 0.6) is 0 Å². The number of nitrogens with one attached hydrogen (secondary N) is 1. The summed E-state index contributed by atoms with van der Waals surface area (Å²) in [6, 6.07) is 3.89. The van der Waals surface area contributed by atoms with E-state index in [0.717, 1.165) is 31.5 Å². The molecule has 1 aliphatic carbocycles. The second-order valence-corrected chi connectivity index (χ2v) is 9.46. The number of nitrogens with two attached hydrogens (primary N) is 1. The summed E-state index contributed by atoms with van der Waals surface area (Å²) in [4.78, 5) is 20.7. The van der Waals surface area contributed by atoms with Gasteiger partial charge in [-0.25, -0.2) is 13.0 Å². The Kier molecular flexibility index (Phi) is 7.55. The van der Waals surface area contributed by atoms with Crippen LogP contribution in [0.1, 0.15) is 45.1 Å². The van der Waals surface area contributed by atoms with Crippen molar-refractivity contribution in [1.82, 2.24) is 0 Å². The van der Waals surface area contributed by atoms with Gasteiger partial charge in [0.05, 0.1) is 11.6 Å². The summed E-state index contributed by atoms with van der Waals surface area (Å²) in [5, 5.41) is 2.60.